The first kappa shape index (κ1) is 12.5. The fourth-order valence-corrected chi connectivity index (χ4v) is 2.66. The summed E-state index contributed by atoms with van der Waals surface area (Å²) in [5.41, 5.74) is 5.15. The fourth-order valence-electron chi connectivity index (χ4n) is 2.66. The number of hydrogen-bond acceptors (Lipinski definition) is 4. The zero-order valence-electron chi connectivity index (χ0n) is 10.3. The first-order valence-electron chi connectivity index (χ1n) is 6.22. The van der Waals surface area contributed by atoms with Gasteiger partial charge < -0.3 is 16.0 Å². The lowest BCUT2D eigenvalue weighted by Gasteiger charge is -2.37. The molecule has 3 N–H and O–H groups in total. The summed E-state index contributed by atoms with van der Waals surface area (Å²) in [4.78, 5) is 5.31. The van der Waals surface area contributed by atoms with Gasteiger partial charge in [-0.25, -0.2) is 0 Å². The van der Waals surface area contributed by atoms with Crippen LogP contribution in [0.25, 0.3) is 0 Å². The van der Waals surface area contributed by atoms with Crippen molar-refractivity contribution in [2.24, 2.45) is 0 Å². The van der Waals surface area contributed by atoms with Crippen molar-refractivity contribution < 1.29 is 13.2 Å². The van der Waals surface area contributed by atoms with Gasteiger partial charge in [0.25, 0.3) is 0 Å². The number of nitrogens with one attached hydrogen (secondary N) is 1. The largest absolute Gasteiger partial charge is 0.419 e. The highest BCUT2D eigenvalue weighted by Gasteiger charge is 2.47. The third-order valence-electron chi connectivity index (χ3n) is 3.80. The molecule has 0 unspecified atom stereocenters. The van der Waals surface area contributed by atoms with E-state index in [4.69, 9.17) is 5.73 Å². The summed E-state index contributed by atoms with van der Waals surface area (Å²) < 4.78 is 39.2. The van der Waals surface area contributed by atoms with Crippen LogP contribution in [-0.2, 0) is 6.18 Å². The SMILES string of the molecule is Nc1cncc(C(F)(F)F)c1N1CCNC2(CC2)C1. The maximum Gasteiger partial charge on any atom is 0.419 e. The molecule has 0 aromatic carbocycles. The smallest absolute Gasteiger partial charge is 0.396 e. The number of anilines is 2. The Kier molecular flexibility index (Phi) is 2.63. The summed E-state index contributed by atoms with van der Waals surface area (Å²) in [6.45, 7) is 1.78. The van der Waals surface area contributed by atoms with Crippen LogP contribution in [0.1, 0.15) is 18.4 Å². The highest BCUT2D eigenvalue weighted by atomic mass is 19.4. The molecule has 1 aliphatic carbocycles. The van der Waals surface area contributed by atoms with Crippen molar-refractivity contribution in [1.29, 1.82) is 0 Å². The van der Waals surface area contributed by atoms with E-state index in [1.165, 1.54) is 6.20 Å². The Morgan fingerprint density at radius 1 is 1.32 bits per heavy atom. The second-order valence-corrected chi connectivity index (χ2v) is 5.25. The number of piperazine rings is 1. The molecule has 0 bridgehead atoms. The molecule has 0 radical (unpaired) electrons. The summed E-state index contributed by atoms with van der Waals surface area (Å²) in [7, 11) is 0. The van der Waals surface area contributed by atoms with Crippen molar-refractivity contribution in [2.75, 3.05) is 30.3 Å². The number of aromatic nitrogens is 1. The van der Waals surface area contributed by atoms with Gasteiger partial charge in [-0.05, 0) is 12.8 Å². The second-order valence-electron chi connectivity index (χ2n) is 5.25. The molecule has 1 saturated carbocycles. The Morgan fingerprint density at radius 3 is 2.68 bits per heavy atom. The molecule has 0 atom stereocenters. The van der Waals surface area contributed by atoms with Gasteiger partial charge in [0.15, 0.2) is 0 Å². The van der Waals surface area contributed by atoms with Gasteiger partial charge in [-0.15, -0.1) is 0 Å². The summed E-state index contributed by atoms with van der Waals surface area (Å²) >= 11 is 0. The molecule has 1 aliphatic heterocycles. The number of rotatable bonds is 1. The quantitative estimate of drug-likeness (QED) is 0.816. The molecule has 1 aromatic heterocycles. The van der Waals surface area contributed by atoms with E-state index >= 15 is 0 Å². The van der Waals surface area contributed by atoms with E-state index in [1.54, 1.807) is 4.90 Å². The molecule has 7 heteroatoms. The number of nitrogens with zero attached hydrogens (tertiary/aromatic N) is 2. The molecule has 2 aliphatic rings. The Bertz CT molecular complexity index is 496. The number of nitrogen functional groups attached to an aromatic ring is 1. The predicted molar refractivity (Wildman–Crippen MR) is 65.8 cm³/mol. The molecule has 2 fully saturated rings. The van der Waals surface area contributed by atoms with E-state index in [-0.39, 0.29) is 16.9 Å². The van der Waals surface area contributed by atoms with Crippen molar-refractivity contribution in [2.45, 2.75) is 24.6 Å². The molecular weight excluding hydrogens is 257 g/mol. The first-order valence-corrected chi connectivity index (χ1v) is 6.22. The van der Waals surface area contributed by atoms with Gasteiger partial charge in [-0.2, -0.15) is 13.2 Å². The Morgan fingerprint density at radius 2 is 2.05 bits per heavy atom. The van der Waals surface area contributed by atoms with Crippen molar-refractivity contribution in [3.05, 3.63) is 18.0 Å². The monoisotopic (exact) mass is 272 g/mol. The average molecular weight is 272 g/mol. The first-order chi connectivity index (χ1) is 8.91. The predicted octanol–water partition coefficient (Wildman–Crippen LogP) is 1.62. The zero-order valence-corrected chi connectivity index (χ0v) is 10.3. The molecule has 104 valence electrons. The van der Waals surface area contributed by atoms with Crippen LogP contribution < -0.4 is 16.0 Å². The van der Waals surface area contributed by atoms with Crippen LogP contribution in [0.15, 0.2) is 12.4 Å². The second kappa shape index (κ2) is 4.00. The van der Waals surface area contributed by atoms with Crippen molar-refractivity contribution in [3.8, 4) is 0 Å². The van der Waals surface area contributed by atoms with Crippen molar-refractivity contribution >= 4 is 11.4 Å². The molecule has 1 aromatic rings. The summed E-state index contributed by atoms with van der Waals surface area (Å²) in [5, 5.41) is 3.37. The third-order valence-corrected chi connectivity index (χ3v) is 3.80. The van der Waals surface area contributed by atoms with Gasteiger partial charge >= 0.3 is 6.18 Å². The van der Waals surface area contributed by atoms with Crippen molar-refractivity contribution in [1.82, 2.24) is 10.3 Å². The molecule has 19 heavy (non-hydrogen) atoms. The van der Waals surface area contributed by atoms with Crippen LogP contribution in [0.5, 0.6) is 0 Å². The number of pyridine rings is 1. The number of alkyl halides is 3. The van der Waals surface area contributed by atoms with E-state index in [1.807, 2.05) is 0 Å². The van der Waals surface area contributed by atoms with Crippen LogP contribution in [0.4, 0.5) is 24.5 Å². The van der Waals surface area contributed by atoms with Crippen LogP contribution in [-0.4, -0.2) is 30.2 Å². The number of nitrogens with two attached hydrogens (primary N) is 1. The highest BCUT2D eigenvalue weighted by Crippen LogP contribution is 2.43. The summed E-state index contributed by atoms with van der Waals surface area (Å²) in [6, 6.07) is 0. The normalized spacial score (nSPS) is 21.7. The van der Waals surface area contributed by atoms with Crippen LogP contribution in [0.2, 0.25) is 0 Å². The van der Waals surface area contributed by atoms with Gasteiger partial charge in [0.2, 0.25) is 0 Å². The van der Waals surface area contributed by atoms with Gasteiger partial charge in [0.05, 0.1) is 23.1 Å². The van der Waals surface area contributed by atoms with Gasteiger partial charge in [0, 0.05) is 31.4 Å². The molecule has 1 saturated heterocycles. The molecule has 1 spiro atoms. The highest BCUT2D eigenvalue weighted by molar-refractivity contribution is 5.71. The Hall–Kier alpha value is -1.50. The molecule has 0 amide bonds. The number of hydrogen-bond donors (Lipinski definition) is 2. The molecular formula is C12H15F3N4. The third kappa shape index (κ3) is 2.22. The average Bonchev–Trinajstić information content (AvgIpc) is 3.07. The minimum Gasteiger partial charge on any atom is -0.396 e. The van der Waals surface area contributed by atoms with Crippen molar-refractivity contribution in [3.63, 3.8) is 0 Å². The lowest BCUT2D eigenvalue weighted by molar-refractivity contribution is -0.137. The Labute approximate surface area is 108 Å². The van der Waals surface area contributed by atoms with Crippen LogP contribution in [0, 0.1) is 0 Å². The van der Waals surface area contributed by atoms with E-state index in [2.05, 4.69) is 10.3 Å². The minimum absolute atomic E-state index is 0.00315. The molecule has 2 heterocycles. The topological polar surface area (TPSA) is 54.2 Å². The molecule has 4 nitrogen and oxygen atoms in total. The lowest BCUT2D eigenvalue weighted by atomic mass is 10.1. The van der Waals surface area contributed by atoms with Crippen LogP contribution >= 0.6 is 0 Å². The summed E-state index contributed by atoms with van der Waals surface area (Å²) in [6.07, 6.45) is -0.273. The number of halogens is 3. The zero-order chi connectivity index (χ0) is 13.7. The minimum atomic E-state index is -4.43. The molecule has 3 rings (SSSR count). The van der Waals surface area contributed by atoms with Gasteiger partial charge in [-0.3, -0.25) is 4.98 Å². The fraction of sp³-hybridized carbons (Fsp3) is 0.583. The van der Waals surface area contributed by atoms with E-state index < -0.39 is 11.7 Å². The Balaban J connectivity index is 1.99. The van der Waals surface area contributed by atoms with Gasteiger partial charge in [-0.1, -0.05) is 0 Å². The lowest BCUT2D eigenvalue weighted by Crippen LogP contribution is -2.53. The standard InChI is InChI=1S/C12H15F3N4/c13-12(14,15)8-5-17-6-9(16)10(8)19-4-3-18-11(7-19)1-2-11/h5-6,18H,1-4,7,16H2. The van der Waals surface area contributed by atoms with Gasteiger partial charge in [0.1, 0.15) is 0 Å². The summed E-state index contributed by atoms with van der Waals surface area (Å²) in [5.74, 6) is 0. The van der Waals surface area contributed by atoms with E-state index in [0.717, 1.165) is 19.0 Å². The maximum absolute atomic E-state index is 13.1. The maximum atomic E-state index is 13.1. The van der Waals surface area contributed by atoms with E-state index in [9.17, 15) is 13.2 Å². The van der Waals surface area contributed by atoms with E-state index in [0.29, 0.717) is 19.6 Å². The van der Waals surface area contributed by atoms with Crippen LogP contribution in [0.3, 0.4) is 0 Å².